The second-order valence-electron chi connectivity index (χ2n) is 3.65. The van der Waals surface area contributed by atoms with Crippen LogP contribution in [0.4, 0.5) is 5.69 Å². The SMILES string of the molecule is C[C@H](N)c1ccc2ccc(N)cc2c1. The van der Waals surface area contributed by atoms with E-state index in [4.69, 9.17) is 11.5 Å². The molecule has 0 fully saturated rings. The zero-order valence-corrected chi connectivity index (χ0v) is 8.20. The van der Waals surface area contributed by atoms with Crippen molar-refractivity contribution in [1.29, 1.82) is 0 Å². The summed E-state index contributed by atoms with van der Waals surface area (Å²) in [7, 11) is 0. The maximum atomic E-state index is 5.81. The van der Waals surface area contributed by atoms with Gasteiger partial charge in [0.1, 0.15) is 0 Å². The van der Waals surface area contributed by atoms with E-state index in [-0.39, 0.29) is 6.04 Å². The van der Waals surface area contributed by atoms with Gasteiger partial charge >= 0.3 is 0 Å². The molecular weight excluding hydrogens is 172 g/mol. The third-order valence-electron chi connectivity index (χ3n) is 2.41. The summed E-state index contributed by atoms with van der Waals surface area (Å²) < 4.78 is 0. The second-order valence-corrected chi connectivity index (χ2v) is 3.65. The van der Waals surface area contributed by atoms with Crippen molar-refractivity contribution in [2.75, 3.05) is 5.73 Å². The van der Waals surface area contributed by atoms with Gasteiger partial charge in [0.25, 0.3) is 0 Å². The summed E-state index contributed by atoms with van der Waals surface area (Å²) in [6.45, 7) is 1.98. The Hall–Kier alpha value is -1.54. The van der Waals surface area contributed by atoms with Crippen molar-refractivity contribution in [3.8, 4) is 0 Å². The zero-order chi connectivity index (χ0) is 10.1. The lowest BCUT2D eigenvalue weighted by molar-refractivity contribution is 0.820. The normalized spacial score (nSPS) is 13.0. The van der Waals surface area contributed by atoms with Gasteiger partial charge in [-0.3, -0.25) is 0 Å². The van der Waals surface area contributed by atoms with Crippen LogP contribution < -0.4 is 11.5 Å². The molecule has 2 heteroatoms. The van der Waals surface area contributed by atoms with Crippen LogP contribution in [0.15, 0.2) is 36.4 Å². The first-order valence-electron chi connectivity index (χ1n) is 4.71. The summed E-state index contributed by atoms with van der Waals surface area (Å²) >= 11 is 0. The van der Waals surface area contributed by atoms with Gasteiger partial charge in [0.05, 0.1) is 0 Å². The molecule has 0 amide bonds. The van der Waals surface area contributed by atoms with Gasteiger partial charge in [-0.05, 0) is 41.5 Å². The number of anilines is 1. The van der Waals surface area contributed by atoms with Crippen molar-refractivity contribution in [2.45, 2.75) is 13.0 Å². The predicted octanol–water partition coefficient (Wildman–Crippen LogP) is 2.44. The van der Waals surface area contributed by atoms with E-state index in [0.717, 1.165) is 16.6 Å². The van der Waals surface area contributed by atoms with E-state index in [0.29, 0.717) is 0 Å². The molecule has 0 unspecified atom stereocenters. The molecule has 14 heavy (non-hydrogen) atoms. The summed E-state index contributed by atoms with van der Waals surface area (Å²) in [6.07, 6.45) is 0. The van der Waals surface area contributed by atoms with Crippen LogP contribution in [-0.2, 0) is 0 Å². The fourth-order valence-electron chi connectivity index (χ4n) is 1.57. The highest BCUT2D eigenvalue weighted by atomic mass is 14.6. The molecular formula is C12H14N2. The van der Waals surface area contributed by atoms with E-state index in [9.17, 15) is 0 Å². The van der Waals surface area contributed by atoms with Crippen LogP contribution in [0.1, 0.15) is 18.5 Å². The average molecular weight is 186 g/mol. The first-order valence-corrected chi connectivity index (χ1v) is 4.71. The molecule has 0 aliphatic heterocycles. The van der Waals surface area contributed by atoms with E-state index in [1.807, 2.05) is 25.1 Å². The minimum absolute atomic E-state index is 0.0702. The van der Waals surface area contributed by atoms with Gasteiger partial charge in [0.15, 0.2) is 0 Å². The smallest absolute Gasteiger partial charge is 0.0320 e. The highest BCUT2D eigenvalue weighted by molar-refractivity contribution is 5.86. The Labute approximate surface area is 83.5 Å². The van der Waals surface area contributed by atoms with Crippen LogP contribution in [0.5, 0.6) is 0 Å². The number of hydrogen-bond donors (Lipinski definition) is 2. The standard InChI is InChI=1S/C12H14N2/c1-8(13)10-3-2-9-4-5-12(14)7-11(9)6-10/h2-8H,13-14H2,1H3/t8-/m0/s1. The molecule has 0 radical (unpaired) electrons. The summed E-state index contributed by atoms with van der Waals surface area (Å²) in [4.78, 5) is 0. The lowest BCUT2D eigenvalue weighted by Gasteiger charge is -2.07. The van der Waals surface area contributed by atoms with Crippen molar-refractivity contribution in [2.24, 2.45) is 5.73 Å². The van der Waals surface area contributed by atoms with Crippen molar-refractivity contribution >= 4 is 16.5 Å². The molecule has 2 aromatic rings. The molecule has 72 valence electrons. The second kappa shape index (κ2) is 3.31. The molecule has 1 atom stereocenters. The van der Waals surface area contributed by atoms with E-state index >= 15 is 0 Å². The number of nitrogens with two attached hydrogens (primary N) is 2. The minimum Gasteiger partial charge on any atom is -0.399 e. The molecule has 0 bridgehead atoms. The van der Waals surface area contributed by atoms with Crippen LogP contribution in [0.3, 0.4) is 0 Å². The average Bonchev–Trinajstić information content (AvgIpc) is 2.16. The number of benzene rings is 2. The Morgan fingerprint density at radius 2 is 1.71 bits per heavy atom. The van der Waals surface area contributed by atoms with Gasteiger partial charge < -0.3 is 11.5 Å². The Bertz CT molecular complexity index is 461. The first kappa shape index (κ1) is 9.03. The van der Waals surface area contributed by atoms with Crippen molar-refractivity contribution in [3.05, 3.63) is 42.0 Å². The van der Waals surface area contributed by atoms with Crippen LogP contribution >= 0.6 is 0 Å². The Kier molecular flexibility index (Phi) is 2.14. The minimum atomic E-state index is 0.0702. The van der Waals surface area contributed by atoms with Gasteiger partial charge in [0.2, 0.25) is 0 Å². The highest BCUT2D eigenvalue weighted by Gasteiger charge is 2.00. The molecule has 0 aliphatic rings. The van der Waals surface area contributed by atoms with Gasteiger partial charge in [-0.1, -0.05) is 18.2 Å². The van der Waals surface area contributed by atoms with Gasteiger partial charge in [-0.2, -0.15) is 0 Å². The monoisotopic (exact) mass is 186 g/mol. The molecule has 2 rings (SSSR count). The van der Waals surface area contributed by atoms with Crippen LogP contribution in [0.25, 0.3) is 10.8 Å². The fourth-order valence-corrected chi connectivity index (χ4v) is 1.57. The maximum absolute atomic E-state index is 5.81. The van der Waals surface area contributed by atoms with Gasteiger partial charge in [0, 0.05) is 11.7 Å². The molecule has 2 nitrogen and oxygen atoms in total. The quantitative estimate of drug-likeness (QED) is 0.672. The Morgan fingerprint density at radius 1 is 1.00 bits per heavy atom. The predicted molar refractivity (Wildman–Crippen MR) is 61.0 cm³/mol. The third kappa shape index (κ3) is 1.56. The van der Waals surface area contributed by atoms with Crippen molar-refractivity contribution in [3.63, 3.8) is 0 Å². The number of hydrogen-bond acceptors (Lipinski definition) is 2. The van der Waals surface area contributed by atoms with Crippen molar-refractivity contribution in [1.82, 2.24) is 0 Å². The fraction of sp³-hybridized carbons (Fsp3) is 0.167. The summed E-state index contributed by atoms with van der Waals surface area (Å²) in [5.41, 5.74) is 13.5. The topological polar surface area (TPSA) is 52.0 Å². The maximum Gasteiger partial charge on any atom is 0.0320 e. The number of rotatable bonds is 1. The summed E-state index contributed by atoms with van der Waals surface area (Å²) in [5.74, 6) is 0. The zero-order valence-electron chi connectivity index (χ0n) is 8.20. The van der Waals surface area contributed by atoms with Crippen LogP contribution in [0, 0.1) is 0 Å². The molecule has 2 aromatic carbocycles. The van der Waals surface area contributed by atoms with Crippen LogP contribution in [-0.4, -0.2) is 0 Å². The van der Waals surface area contributed by atoms with E-state index in [1.165, 1.54) is 5.39 Å². The number of fused-ring (bicyclic) bond motifs is 1. The Balaban J connectivity index is 2.63. The van der Waals surface area contributed by atoms with Gasteiger partial charge in [-0.25, -0.2) is 0 Å². The van der Waals surface area contributed by atoms with E-state index in [1.54, 1.807) is 0 Å². The molecule has 4 N–H and O–H groups in total. The largest absolute Gasteiger partial charge is 0.399 e. The lowest BCUT2D eigenvalue weighted by atomic mass is 10.0. The highest BCUT2D eigenvalue weighted by Crippen LogP contribution is 2.21. The van der Waals surface area contributed by atoms with E-state index in [2.05, 4.69) is 18.2 Å². The summed E-state index contributed by atoms with van der Waals surface area (Å²) in [6, 6.07) is 12.2. The molecule has 0 aliphatic carbocycles. The lowest BCUT2D eigenvalue weighted by Crippen LogP contribution is -2.04. The van der Waals surface area contributed by atoms with E-state index < -0.39 is 0 Å². The third-order valence-corrected chi connectivity index (χ3v) is 2.41. The van der Waals surface area contributed by atoms with Crippen molar-refractivity contribution < 1.29 is 0 Å². The molecule has 0 heterocycles. The first-order chi connectivity index (χ1) is 6.66. The van der Waals surface area contributed by atoms with Crippen LogP contribution in [0.2, 0.25) is 0 Å². The summed E-state index contributed by atoms with van der Waals surface area (Å²) in [5, 5.41) is 2.35. The molecule has 0 saturated heterocycles. The Morgan fingerprint density at radius 3 is 2.43 bits per heavy atom. The molecule has 0 spiro atoms. The molecule has 0 aromatic heterocycles. The molecule has 0 saturated carbocycles. The number of nitrogen functional groups attached to an aromatic ring is 1. The van der Waals surface area contributed by atoms with Gasteiger partial charge in [-0.15, -0.1) is 0 Å².